The minimum absolute atomic E-state index is 0.119. The van der Waals surface area contributed by atoms with E-state index in [1.807, 2.05) is 0 Å². The van der Waals surface area contributed by atoms with Crippen molar-refractivity contribution in [1.82, 2.24) is 4.98 Å². The van der Waals surface area contributed by atoms with Crippen LogP contribution in [0.25, 0.3) is 0 Å². The van der Waals surface area contributed by atoms with Crippen molar-refractivity contribution >= 4 is 10.1 Å². The zero-order valence-electron chi connectivity index (χ0n) is 8.04. The predicted octanol–water partition coefficient (Wildman–Crippen LogP) is 1.22. The Balaban J connectivity index is 2.92. The van der Waals surface area contributed by atoms with Crippen LogP contribution in [0.4, 0.5) is 0 Å². The first-order chi connectivity index (χ1) is 7.05. The molecule has 0 aliphatic heterocycles. The minimum atomic E-state index is -4.17. The zero-order valence-corrected chi connectivity index (χ0v) is 8.85. The summed E-state index contributed by atoms with van der Waals surface area (Å²) >= 11 is 0. The lowest BCUT2D eigenvalue weighted by molar-refractivity contribution is 0.186. The lowest BCUT2D eigenvalue weighted by atomic mass is 10.1. The van der Waals surface area contributed by atoms with Crippen LogP contribution in [0.15, 0.2) is 24.5 Å². The molecule has 1 rings (SSSR count). The molecule has 0 saturated carbocycles. The minimum Gasteiger partial charge on any atom is -0.285 e. The Labute approximate surface area is 88.5 Å². The van der Waals surface area contributed by atoms with Gasteiger partial charge in [0, 0.05) is 12.4 Å². The number of pyridine rings is 1. The molecule has 1 radical (unpaired) electrons. The maximum atomic E-state index is 11.1. The number of hydrogen-bond acceptors (Lipinski definition) is 3. The maximum Gasteiger partial charge on any atom is 0.272 e. The molecule has 0 fully saturated rings. The average Bonchev–Trinajstić information content (AvgIpc) is 2.18. The van der Waals surface area contributed by atoms with E-state index >= 15 is 0 Å². The molecule has 1 atom stereocenters. The van der Waals surface area contributed by atoms with Crippen molar-refractivity contribution < 1.29 is 18.1 Å². The lowest BCUT2D eigenvalue weighted by Crippen LogP contribution is -2.12. The molecule has 0 bridgehead atoms. The fourth-order valence-electron chi connectivity index (χ4n) is 1.32. The number of nitrogens with zero attached hydrogens (tertiary/aromatic N) is 1. The van der Waals surface area contributed by atoms with Crippen LogP contribution in [0, 0.1) is 0 Å². The van der Waals surface area contributed by atoms with Crippen molar-refractivity contribution in [3.63, 3.8) is 0 Å². The molecule has 0 spiro atoms. The molecule has 83 valence electrons. The molecule has 0 amide bonds. The topological polar surface area (TPSA) is 87.2 Å². The monoisotopic (exact) mass is 230 g/mol. The standard InChI is InChI=1S/C9H12NO4S/c11-6-2-4-9(15(12,13)14)8-3-1-5-10-7-8/h1,3,5,7,9H,2,4,6H2,(H,12,13,14). The van der Waals surface area contributed by atoms with Gasteiger partial charge >= 0.3 is 0 Å². The Morgan fingerprint density at radius 3 is 2.67 bits per heavy atom. The summed E-state index contributed by atoms with van der Waals surface area (Å²) in [6, 6.07) is 3.15. The second kappa shape index (κ2) is 5.20. The Morgan fingerprint density at radius 1 is 1.47 bits per heavy atom. The van der Waals surface area contributed by atoms with Crippen molar-refractivity contribution in [3.05, 3.63) is 30.1 Å². The van der Waals surface area contributed by atoms with E-state index < -0.39 is 15.4 Å². The van der Waals surface area contributed by atoms with Gasteiger partial charge in [0.1, 0.15) is 5.25 Å². The van der Waals surface area contributed by atoms with Crippen LogP contribution in [0.1, 0.15) is 23.7 Å². The molecule has 1 heterocycles. The van der Waals surface area contributed by atoms with E-state index in [0.29, 0.717) is 5.56 Å². The van der Waals surface area contributed by atoms with Gasteiger partial charge in [-0.05, 0) is 24.5 Å². The largest absolute Gasteiger partial charge is 0.285 e. The first-order valence-corrected chi connectivity index (χ1v) is 6.00. The van der Waals surface area contributed by atoms with E-state index in [1.165, 1.54) is 12.4 Å². The predicted molar refractivity (Wildman–Crippen MR) is 53.3 cm³/mol. The highest BCUT2D eigenvalue weighted by atomic mass is 32.2. The summed E-state index contributed by atoms with van der Waals surface area (Å²) in [5.74, 6) is 0. The summed E-state index contributed by atoms with van der Waals surface area (Å²) in [6.07, 6.45) is 3.22. The Morgan fingerprint density at radius 2 is 2.20 bits per heavy atom. The third-order valence-electron chi connectivity index (χ3n) is 2.03. The van der Waals surface area contributed by atoms with Crippen LogP contribution >= 0.6 is 0 Å². The number of aromatic nitrogens is 1. The molecule has 6 heteroatoms. The van der Waals surface area contributed by atoms with Crippen LogP contribution < -0.4 is 0 Å². The molecule has 1 N–H and O–H groups in total. The van der Waals surface area contributed by atoms with Crippen molar-refractivity contribution in [2.24, 2.45) is 0 Å². The normalized spacial score (nSPS) is 13.7. The molecule has 1 aromatic rings. The smallest absolute Gasteiger partial charge is 0.272 e. The van der Waals surface area contributed by atoms with Gasteiger partial charge in [0.05, 0.1) is 6.61 Å². The van der Waals surface area contributed by atoms with E-state index in [9.17, 15) is 13.5 Å². The summed E-state index contributed by atoms with van der Waals surface area (Å²) in [5, 5.41) is 9.26. The quantitative estimate of drug-likeness (QED) is 0.770. The van der Waals surface area contributed by atoms with Crippen LogP contribution in [0.3, 0.4) is 0 Å². The summed E-state index contributed by atoms with van der Waals surface area (Å²) in [6.45, 7) is -0.355. The van der Waals surface area contributed by atoms with E-state index in [0.717, 1.165) is 0 Å². The fourth-order valence-corrected chi connectivity index (χ4v) is 2.27. The Hall–Kier alpha value is -0.980. The van der Waals surface area contributed by atoms with Gasteiger partial charge in [-0.3, -0.25) is 9.54 Å². The third-order valence-corrected chi connectivity index (χ3v) is 3.25. The SMILES string of the molecule is [O]CCCC(c1cccnc1)S(=O)(=O)O. The van der Waals surface area contributed by atoms with Crippen LogP contribution in [0.5, 0.6) is 0 Å². The molecule has 1 unspecified atom stereocenters. The van der Waals surface area contributed by atoms with Crippen molar-refractivity contribution in [2.75, 3.05) is 6.61 Å². The molecule has 0 aliphatic rings. The lowest BCUT2D eigenvalue weighted by Gasteiger charge is -2.12. The molecule has 15 heavy (non-hydrogen) atoms. The van der Waals surface area contributed by atoms with Gasteiger partial charge in [0.15, 0.2) is 0 Å². The second-order valence-corrected chi connectivity index (χ2v) is 4.74. The molecular formula is C9H12NO4S. The molecule has 5 nitrogen and oxygen atoms in total. The van der Waals surface area contributed by atoms with E-state index in [4.69, 9.17) is 4.55 Å². The van der Waals surface area contributed by atoms with E-state index in [2.05, 4.69) is 4.98 Å². The van der Waals surface area contributed by atoms with E-state index in [-0.39, 0.29) is 19.4 Å². The molecular weight excluding hydrogens is 218 g/mol. The summed E-state index contributed by atoms with van der Waals surface area (Å²) in [7, 11) is -4.17. The average molecular weight is 230 g/mol. The third kappa shape index (κ3) is 3.58. The highest BCUT2D eigenvalue weighted by Gasteiger charge is 2.24. The van der Waals surface area contributed by atoms with Crippen molar-refractivity contribution in [1.29, 1.82) is 0 Å². The van der Waals surface area contributed by atoms with E-state index in [1.54, 1.807) is 12.1 Å². The van der Waals surface area contributed by atoms with Crippen molar-refractivity contribution in [2.45, 2.75) is 18.1 Å². The first-order valence-electron chi connectivity index (χ1n) is 4.50. The Kier molecular flexibility index (Phi) is 4.19. The van der Waals surface area contributed by atoms with Gasteiger partial charge in [-0.1, -0.05) is 6.07 Å². The number of rotatable bonds is 5. The summed E-state index contributed by atoms with van der Waals surface area (Å²) in [5.41, 5.74) is 0.411. The molecule has 1 aromatic heterocycles. The van der Waals surface area contributed by atoms with Gasteiger partial charge in [-0.15, -0.1) is 0 Å². The Bertz CT molecular complexity index is 390. The summed E-state index contributed by atoms with van der Waals surface area (Å²) in [4.78, 5) is 3.77. The van der Waals surface area contributed by atoms with Crippen LogP contribution in [-0.4, -0.2) is 24.6 Å². The van der Waals surface area contributed by atoms with Gasteiger partial charge in [-0.2, -0.15) is 8.42 Å². The zero-order chi connectivity index (χ0) is 11.3. The van der Waals surface area contributed by atoms with Crippen LogP contribution in [-0.2, 0) is 15.2 Å². The highest BCUT2D eigenvalue weighted by Crippen LogP contribution is 2.25. The second-order valence-electron chi connectivity index (χ2n) is 3.14. The van der Waals surface area contributed by atoms with Gasteiger partial charge < -0.3 is 0 Å². The molecule has 0 aliphatic carbocycles. The summed E-state index contributed by atoms with van der Waals surface area (Å²) < 4.78 is 31.1. The highest BCUT2D eigenvalue weighted by molar-refractivity contribution is 7.86. The maximum absolute atomic E-state index is 11.1. The van der Waals surface area contributed by atoms with Gasteiger partial charge in [0.25, 0.3) is 10.1 Å². The first kappa shape index (κ1) is 12.1. The van der Waals surface area contributed by atoms with Crippen LogP contribution in [0.2, 0.25) is 0 Å². The van der Waals surface area contributed by atoms with Crippen molar-refractivity contribution in [3.8, 4) is 0 Å². The number of hydrogen-bond donors (Lipinski definition) is 1. The van der Waals surface area contributed by atoms with Gasteiger partial charge in [-0.25, -0.2) is 5.11 Å². The van der Waals surface area contributed by atoms with Gasteiger partial charge in [0.2, 0.25) is 0 Å². The molecule has 0 aromatic carbocycles. The fraction of sp³-hybridized carbons (Fsp3) is 0.444. The molecule has 0 saturated heterocycles.